The molecule has 212 valence electrons. The lowest BCUT2D eigenvalue weighted by Crippen LogP contribution is -2.45. The molecule has 0 radical (unpaired) electrons. The number of carbonyl (C=O) groups is 1. The first-order valence-corrected chi connectivity index (χ1v) is 15.1. The number of nitrogens with one attached hydrogen (secondary N) is 1. The number of alkyl halides is 2. The van der Waals surface area contributed by atoms with Crippen molar-refractivity contribution < 1.29 is 37.3 Å². The van der Waals surface area contributed by atoms with Crippen LogP contribution in [0.4, 0.5) is 19.4 Å². The normalized spacial score (nSPS) is 20.7. The topological polar surface area (TPSA) is 121 Å². The number of rotatable bonds is 9. The fraction of sp³-hybridized carbons (Fsp3) is 0.500. The number of halogens is 2. The summed E-state index contributed by atoms with van der Waals surface area (Å²) in [5.41, 5.74) is -0.568. The first-order valence-electron chi connectivity index (χ1n) is 12.2. The van der Waals surface area contributed by atoms with E-state index in [4.69, 9.17) is 25.1 Å². The molecule has 1 fully saturated rings. The zero-order valence-electron chi connectivity index (χ0n) is 22.4. The number of terminal acetylenes is 1. The predicted molar refractivity (Wildman–Crippen MR) is 141 cm³/mol. The van der Waals surface area contributed by atoms with Crippen LogP contribution in [0.3, 0.4) is 0 Å². The minimum atomic E-state index is -3.80. The lowest BCUT2D eigenvalue weighted by Gasteiger charge is -2.37. The van der Waals surface area contributed by atoms with Crippen molar-refractivity contribution in [3.05, 3.63) is 52.6 Å². The van der Waals surface area contributed by atoms with Crippen LogP contribution in [0.2, 0.25) is 18.1 Å². The van der Waals surface area contributed by atoms with Gasteiger partial charge in [0.25, 0.3) is 0 Å². The molecule has 1 aliphatic heterocycles. The number of carbonyl (C=O) groups excluding carboxylic acids is 1. The van der Waals surface area contributed by atoms with Gasteiger partial charge in [0.05, 0.1) is 6.61 Å². The Kier molecular flexibility index (Phi) is 9.17. The molecule has 3 rings (SSSR count). The summed E-state index contributed by atoms with van der Waals surface area (Å²) < 4.78 is 52.3. The Labute approximate surface area is 226 Å². The van der Waals surface area contributed by atoms with E-state index in [1.54, 1.807) is 24.3 Å². The summed E-state index contributed by atoms with van der Waals surface area (Å²) in [4.78, 5) is 28.5. The van der Waals surface area contributed by atoms with Gasteiger partial charge in [-0.15, -0.1) is 6.42 Å². The zero-order valence-corrected chi connectivity index (χ0v) is 23.4. The summed E-state index contributed by atoms with van der Waals surface area (Å²) in [6.07, 6.45) is -0.404. The van der Waals surface area contributed by atoms with Gasteiger partial charge in [0.1, 0.15) is 30.9 Å². The van der Waals surface area contributed by atoms with E-state index >= 15 is 0 Å². The lowest BCUT2D eigenvalue weighted by atomic mass is 10.1. The van der Waals surface area contributed by atoms with E-state index in [-0.39, 0.29) is 30.7 Å². The Balaban J connectivity index is 1.65. The number of anilines is 1. The van der Waals surface area contributed by atoms with Crippen LogP contribution in [-0.4, -0.2) is 60.4 Å². The minimum absolute atomic E-state index is 0.0363. The third-order valence-electron chi connectivity index (χ3n) is 6.75. The average molecular weight is 566 g/mol. The third-order valence-corrected chi connectivity index (χ3v) is 11.2. The maximum Gasteiger partial charge on any atom is 0.413 e. The van der Waals surface area contributed by atoms with Crippen LogP contribution < -0.4 is 15.7 Å². The summed E-state index contributed by atoms with van der Waals surface area (Å²) >= 11 is 0. The lowest BCUT2D eigenvalue weighted by molar-refractivity contribution is -0.140. The SMILES string of the molecule is C#CCOc1ccccc1COC(=O)Nc1ccn(C2OC(CO[Si](C)(C)C(C)(C)C)C(O)C2(F)F)c(=O)n1. The molecule has 2 aromatic rings. The number of hydrogen-bond donors (Lipinski definition) is 2. The van der Waals surface area contributed by atoms with E-state index in [1.807, 2.05) is 33.9 Å². The van der Waals surface area contributed by atoms with Crippen LogP contribution in [0, 0.1) is 12.3 Å². The Bertz CT molecular complexity index is 1270. The van der Waals surface area contributed by atoms with Crippen LogP contribution in [-0.2, 0) is 20.5 Å². The van der Waals surface area contributed by atoms with Crippen molar-refractivity contribution in [2.45, 2.75) is 69.9 Å². The molecule has 1 amide bonds. The molecule has 3 atom stereocenters. The first-order chi connectivity index (χ1) is 18.2. The first kappa shape index (κ1) is 30.2. The molecule has 0 spiro atoms. The van der Waals surface area contributed by atoms with Crippen molar-refractivity contribution in [2.75, 3.05) is 18.5 Å². The van der Waals surface area contributed by atoms with E-state index in [9.17, 15) is 23.5 Å². The standard InChI is InChI=1S/C26H33F2N3O7Si/c1-7-14-35-18-11-9-8-10-17(18)15-36-24(34)30-20-12-13-31(23(33)29-20)22-26(27,28)21(32)19(38-22)16-37-39(5,6)25(2,3)4/h1,8-13,19,21-22,32H,14-16H2,2-6H3,(H,29,30,33,34). The Morgan fingerprint density at radius 3 is 2.64 bits per heavy atom. The van der Waals surface area contributed by atoms with Crippen LogP contribution >= 0.6 is 0 Å². The predicted octanol–water partition coefficient (Wildman–Crippen LogP) is 3.92. The number of amides is 1. The molecule has 3 unspecified atom stereocenters. The molecule has 0 saturated carbocycles. The number of nitrogens with zero attached hydrogens (tertiary/aromatic N) is 2. The van der Waals surface area contributed by atoms with Gasteiger partial charge in [-0.2, -0.15) is 13.8 Å². The third kappa shape index (κ3) is 7.01. The van der Waals surface area contributed by atoms with Gasteiger partial charge in [0.2, 0.25) is 6.23 Å². The van der Waals surface area contributed by atoms with Crippen molar-refractivity contribution in [2.24, 2.45) is 0 Å². The molecule has 1 saturated heterocycles. The molecule has 2 N–H and O–H groups in total. The molecular weight excluding hydrogens is 532 g/mol. The molecule has 0 aliphatic carbocycles. The molecule has 39 heavy (non-hydrogen) atoms. The van der Waals surface area contributed by atoms with Crippen molar-refractivity contribution >= 4 is 20.2 Å². The van der Waals surface area contributed by atoms with E-state index in [0.29, 0.717) is 15.9 Å². The highest BCUT2D eigenvalue weighted by molar-refractivity contribution is 6.74. The number of aromatic nitrogens is 2. The molecular formula is C26H33F2N3O7Si. The highest BCUT2D eigenvalue weighted by Crippen LogP contribution is 2.43. The summed E-state index contributed by atoms with van der Waals surface area (Å²) in [5, 5.41) is 12.4. The van der Waals surface area contributed by atoms with Gasteiger partial charge >= 0.3 is 17.7 Å². The van der Waals surface area contributed by atoms with Gasteiger partial charge < -0.3 is 23.7 Å². The van der Waals surface area contributed by atoms with Gasteiger partial charge in [-0.1, -0.05) is 44.9 Å². The quantitative estimate of drug-likeness (QED) is 0.347. The van der Waals surface area contributed by atoms with Gasteiger partial charge in [0, 0.05) is 11.8 Å². The molecule has 0 bridgehead atoms. The Morgan fingerprint density at radius 2 is 2.00 bits per heavy atom. The fourth-order valence-corrected chi connectivity index (χ4v) is 4.46. The average Bonchev–Trinajstić information content (AvgIpc) is 3.08. The molecule has 1 aliphatic rings. The molecule has 13 heteroatoms. The Morgan fingerprint density at radius 1 is 1.31 bits per heavy atom. The van der Waals surface area contributed by atoms with Gasteiger partial charge in [-0.25, -0.2) is 9.59 Å². The van der Waals surface area contributed by atoms with E-state index in [1.165, 1.54) is 0 Å². The molecule has 10 nitrogen and oxygen atoms in total. The largest absolute Gasteiger partial charge is 0.481 e. The highest BCUT2D eigenvalue weighted by Gasteiger charge is 2.60. The second-order valence-electron chi connectivity index (χ2n) is 10.5. The van der Waals surface area contributed by atoms with Gasteiger partial charge in [-0.05, 0) is 30.3 Å². The number of para-hydroxylation sites is 1. The number of aliphatic hydroxyl groups excluding tert-OH is 1. The van der Waals surface area contributed by atoms with E-state index < -0.39 is 44.5 Å². The van der Waals surface area contributed by atoms with Gasteiger partial charge in [-0.3, -0.25) is 9.88 Å². The summed E-state index contributed by atoms with van der Waals surface area (Å²) in [5.74, 6) is -1.24. The smallest absolute Gasteiger partial charge is 0.413 e. The Hall–Kier alpha value is -3.31. The van der Waals surface area contributed by atoms with E-state index in [0.717, 1.165) is 12.3 Å². The number of hydrogen-bond acceptors (Lipinski definition) is 8. The van der Waals surface area contributed by atoms with Crippen LogP contribution in [0.1, 0.15) is 32.6 Å². The maximum atomic E-state index is 14.9. The summed E-state index contributed by atoms with van der Waals surface area (Å²) in [6, 6.07) is 7.94. The number of ether oxygens (including phenoxy) is 3. The highest BCUT2D eigenvalue weighted by atomic mass is 28.4. The van der Waals surface area contributed by atoms with Crippen molar-refractivity contribution in [1.29, 1.82) is 0 Å². The van der Waals surface area contributed by atoms with Crippen molar-refractivity contribution in [3.63, 3.8) is 0 Å². The monoisotopic (exact) mass is 565 g/mol. The second kappa shape index (κ2) is 11.8. The second-order valence-corrected chi connectivity index (χ2v) is 15.3. The molecule has 2 heterocycles. The van der Waals surface area contributed by atoms with Crippen LogP contribution in [0.25, 0.3) is 0 Å². The number of aliphatic hydroxyl groups is 1. The molecule has 1 aromatic heterocycles. The fourth-order valence-electron chi connectivity index (χ4n) is 3.44. The minimum Gasteiger partial charge on any atom is -0.481 e. The van der Waals surface area contributed by atoms with Crippen molar-refractivity contribution in [3.8, 4) is 18.1 Å². The van der Waals surface area contributed by atoms with E-state index in [2.05, 4.69) is 16.2 Å². The summed E-state index contributed by atoms with van der Waals surface area (Å²) in [7, 11) is -2.31. The van der Waals surface area contributed by atoms with Crippen LogP contribution in [0.5, 0.6) is 5.75 Å². The zero-order chi connectivity index (χ0) is 29.0. The summed E-state index contributed by atoms with van der Waals surface area (Å²) in [6.45, 7) is 9.49. The van der Waals surface area contributed by atoms with Crippen molar-refractivity contribution in [1.82, 2.24) is 9.55 Å². The maximum absolute atomic E-state index is 14.9. The van der Waals surface area contributed by atoms with Crippen LogP contribution in [0.15, 0.2) is 41.3 Å². The van der Waals surface area contributed by atoms with Gasteiger partial charge in [0.15, 0.2) is 14.4 Å². The number of benzene rings is 1. The molecule has 1 aromatic carbocycles.